The van der Waals surface area contributed by atoms with Crippen molar-refractivity contribution in [3.8, 4) is 16.9 Å². The topological polar surface area (TPSA) is 110 Å². The number of ether oxygens (including phenoxy) is 2. The molecule has 1 aliphatic carbocycles. The van der Waals surface area contributed by atoms with Crippen LogP contribution in [0.4, 0.5) is 26.3 Å². The Morgan fingerprint density at radius 1 is 1.04 bits per heavy atom. The van der Waals surface area contributed by atoms with Crippen LogP contribution in [0.3, 0.4) is 0 Å². The zero-order valence-electron chi connectivity index (χ0n) is 32.4. The van der Waals surface area contributed by atoms with E-state index in [1.165, 1.54) is 26.0 Å². The lowest BCUT2D eigenvalue weighted by molar-refractivity contribution is -0.144. The van der Waals surface area contributed by atoms with E-state index in [-0.39, 0.29) is 60.9 Å². The Morgan fingerprint density at radius 3 is 2.37 bits per heavy atom. The number of amides is 1. The summed E-state index contributed by atoms with van der Waals surface area (Å²) in [6, 6.07) is 3.29. The number of alkyl halides is 4. The van der Waals surface area contributed by atoms with Gasteiger partial charge in [0.15, 0.2) is 0 Å². The van der Waals surface area contributed by atoms with Crippen molar-refractivity contribution in [1.29, 1.82) is 0 Å². The summed E-state index contributed by atoms with van der Waals surface area (Å²) < 4.78 is 102. The molecule has 2 aromatic carbocycles. The Hall–Kier alpha value is -4.89. The van der Waals surface area contributed by atoms with Gasteiger partial charge < -0.3 is 24.5 Å². The lowest BCUT2D eigenvalue weighted by Gasteiger charge is -2.36. The third-order valence-corrected chi connectivity index (χ3v) is 10.9. The van der Waals surface area contributed by atoms with Gasteiger partial charge in [-0.05, 0) is 99.2 Å². The summed E-state index contributed by atoms with van der Waals surface area (Å²) in [4.78, 5) is 43.3. The Bertz CT molecular complexity index is 2200. The third-order valence-electron chi connectivity index (χ3n) is 10.9. The molecule has 1 amide bonds. The highest BCUT2D eigenvalue weighted by molar-refractivity contribution is 5.83. The van der Waals surface area contributed by atoms with Crippen LogP contribution in [0.1, 0.15) is 79.6 Å². The zero-order chi connectivity index (χ0) is 41.7. The number of aromatic nitrogens is 1. The normalized spacial score (nSPS) is 21.7. The lowest BCUT2D eigenvalue weighted by Crippen LogP contribution is -2.49. The van der Waals surface area contributed by atoms with E-state index in [9.17, 15) is 37.1 Å². The second-order valence-electron chi connectivity index (χ2n) is 15.5. The van der Waals surface area contributed by atoms with E-state index in [0.717, 1.165) is 16.8 Å². The lowest BCUT2D eigenvalue weighted by atomic mass is 9.80. The molecule has 0 radical (unpaired) electrons. The number of aliphatic hydroxyl groups is 1. The summed E-state index contributed by atoms with van der Waals surface area (Å²) >= 11 is 0. The van der Waals surface area contributed by atoms with E-state index in [1.807, 2.05) is 0 Å². The van der Waals surface area contributed by atoms with Gasteiger partial charge in [0.25, 0.3) is 5.56 Å². The summed E-state index contributed by atoms with van der Waals surface area (Å²) in [7, 11) is 0. The van der Waals surface area contributed by atoms with Crippen molar-refractivity contribution in [2.24, 2.45) is 11.8 Å². The van der Waals surface area contributed by atoms with Gasteiger partial charge in [-0.15, -0.1) is 0 Å². The van der Waals surface area contributed by atoms with Gasteiger partial charge in [0, 0.05) is 48.9 Å². The SMILES string of the molecule is CCOC(=O)C[C@@H]1NC(=O)[C@@H](n2cc(CCN3CC(F)C3)c(C(F)(F)F)cc2=O)C2C(F)=CC=C(Oc3cc(C(C)(C)O)cc(C)c3-c3cc(C)c(F)c1c3)C2C. The number of likely N-dealkylation sites (tertiary alicyclic amines) is 1. The van der Waals surface area contributed by atoms with Crippen LogP contribution in [0.25, 0.3) is 11.1 Å². The third kappa shape index (κ3) is 8.54. The fourth-order valence-corrected chi connectivity index (χ4v) is 7.86. The molecule has 0 spiro atoms. The molecule has 6 rings (SSSR count). The first-order valence-corrected chi connectivity index (χ1v) is 18.8. The molecule has 4 atom stereocenters. The highest BCUT2D eigenvalue weighted by atomic mass is 19.4. The van der Waals surface area contributed by atoms with E-state index < -0.39 is 82.9 Å². The number of carbonyl (C=O) groups excluding carboxylic acids is 2. The van der Waals surface area contributed by atoms with Gasteiger partial charge in [-0.1, -0.05) is 13.0 Å². The average molecular weight is 802 g/mol. The molecule has 1 fully saturated rings. The number of hydrogen-bond donors (Lipinski definition) is 2. The number of allylic oxidation sites excluding steroid dienone is 4. The summed E-state index contributed by atoms with van der Waals surface area (Å²) in [6.07, 6.45) is -3.73. The van der Waals surface area contributed by atoms with Gasteiger partial charge in [-0.25, -0.2) is 13.2 Å². The van der Waals surface area contributed by atoms with Crippen LogP contribution in [0, 0.1) is 31.5 Å². The van der Waals surface area contributed by atoms with E-state index in [4.69, 9.17) is 9.47 Å². The first-order valence-electron chi connectivity index (χ1n) is 18.8. The molecule has 2 aliphatic heterocycles. The van der Waals surface area contributed by atoms with Crippen LogP contribution in [-0.2, 0) is 32.5 Å². The van der Waals surface area contributed by atoms with Crippen LogP contribution < -0.4 is 15.6 Å². The first kappa shape index (κ1) is 41.7. The van der Waals surface area contributed by atoms with Crippen molar-refractivity contribution >= 4 is 11.9 Å². The number of fused-ring (bicyclic) bond motifs is 6. The van der Waals surface area contributed by atoms with Crippen molar-refractivity contribution in [2.45, 2.75) is 84.4 Å². The maximum absolute atomic E-state index is 16.4. The molecule has 2 unspecified atom stereocenters. The van der Waals surface area contributed by atoms with Gasteiger partial charge >= 0.3 is 12.1 Å². The molecule has 57 heavy (non-hydrogen) atoms. The number of aryl methyl sites for hydroxylation is 2. The van der Waals surface area contributed by atoms with E-state index in [2.05, 4.69) is 5.32 Å². The smallest absolute Gasteiger partial charge is 0.416 e. The number of rotatable bonds is 8. The Morgan fingerprint density at radius 2 is 1.74 bits per heavy atom. The molecule has 2 N–H and O–H groups in total. The summed E-state index contributed by atoms with van der Waals surface area (Å²) in [5.41, 5.74) is -2.37. The molecular formula is C42H45F6N3O6. The summed E-state index contributed by atoms with van der Waals surface area (Å²) in [5, 5.41) is 13.7. The molecule has 4 bridgehead atoms. The number of carbonyl (C=O) groups is 2. The van der Waals surface area contributed by atoms with Crippen molar-refractivity contribution in [1.82, 2.24) is 14.8 Å². The maximum atomic E-state index is 16.4. The number of hydrogen-bond acceptors (Lipinski definition) is 7. The predicted octanol–water partition coefficient (Wildman–Crippen LogP) is 7.46. The number of pyridine rings is 1. The summed E-state index contributed by atoms with van der Waals surface area (Å²) in [6.45, 7) is 9.49. The number of nitrogens with one attached hydrogen (secondary N) is 1. The van der Waals surface area contributed by atoms with Crippen molar-refractivity contribution < 1.29 is 50.5 Å². The summed E-state index contributed by atoms with van der Waals surface area (Å²) in [5.74, 6) is -5.94. The molecule has 3 aromatic rings. The molecule has 306 valence electrons. The van der Waals surface area contributed by atoms with Crippen LogP contribution in [-0.4, -0.2) is 58.9 Å². The van der Waals surface area contributed by atoms with E-state index >= 15 is 8.78 Å². The van der Waals surface area contributed by atoms with Gasteiger partial charge in [-0.2, -0.15) is 13.2 Å². The number of nitrogens with zero attached hydrogens (tertiary/aromatic N) is 2. The highest BCUT2D eigenvalue weighted by Crippen LogP contribution is 2.46. The second-order valence-corrected chi connectivity index (χ2v) is 15.5. The standard InChI is InChI=1S/C42H45F6N3O6/c1-7-56-35(53)17-31-28-14-25(12-22(3)38(28)45)36-21(2)13-26(41(5,6)55)15-33(36)57-32-9-8-30(44)37(23(32)4)39(40(54)49-31)51-18-24(10-11-50-19-27(43)20-50)29(16-34(51)52)42(46,47)48/h8-9,12-16,18,23,27,31,37,39,55H,7,10-11,17,19-20H2,1-6H3,(H,49,54)/t23?,31-,37?,39-/m0/s1. The Kier molecular flexibility index (Phi) is 11.6. The largest absolute Gasteiger partial charge is 0.466 e. The second kappa shape index (κ2) is 15.8. The maximum Gasteiger partial charge on any atom is 0.416 e. The Labute approximate surface area is 326 Å². The average Bonchev–Trinajstić information content (AvgIpc) is 3.09. The van der Waals surface area contributed by atoms with Gasteiger partial charge in [-0.3, -0.25) is 19.3 Å². The predicted molar refractivity (Wildman–Crippen MR) is 199 cm³/mol. The minimum atomic E-state index is -4.98. The zero-order valence-corrected chi connectivity index (χ0v) is 32.4. The van der Waals surface area contributed by atoms with E-state index in [0.29, 0.717) is 28.3 Å². The minimum Gasteiger partial charge on any atom is -0.466 e. The number of halogens is 6. The molecule has 1 saturated heterocycles. The van der Waals surface area contributed by atoms with Crippen molar-refractivity contribution in [3.05, 3.63) is 110 Å². The van der Waals surface area contributed by atoms with Crippen molar-refractivity contribution in [3.63, 3.8) is 0 Å². The van der Waals surface area contributed by atoms with Crippen LogP contribution in [0.15, 0.2) is 65.1 Å². The fraction of sp³-hybridized carbons (Fsp3) is 0.452. The van der Waals surface area contributed by atoms with Crippen molar-refractivity contribution in [2.75, 3.05) is 26.2 Å². The minimum absolute atomic E-state index is 0.00936. The van der Waals surface area contributed by atoms with Gasteiger partial charge in [0.2, 0.25) is 5.91 Å². The highest BCUT2D eigenvalue weighted by Gasteiger charge is 2.44. The quantitative estimate of drug-likeness (QED) is 0.180. The molecule has 3 aliphatic rings. The molecule has 15 heteroatoms. The van der Waals surface area contributed by atoms with E-state index in [1.54, 1.807) is 50.8 Å². The monoisotopic (exact) mass is 801 g/mol. The fourth-order valence-electron chi connectivity index (χ4n) is 7.86. The van der Waals surface area contributed by atoms with Crippen LogP contribution >= 0.6 is 0 Å². The van der Waals surface area contributed by atoms with Crippen LogP contribution in [0.2, 0.25) is 0 Å². The molecular weight excluding hydrogens is 756 g/mol. The first-order chi connectivity index (χ1) is 26.7. The number of esters is 1. The van der Waals surface area contributed by atoms with Crippen LogP contribution in [0.5, 0.6) is 5.75 Å². The molecule has 0 saturated carbocycles. The molecule has 9 nitrogen and oxygen atoms in total. The molecule has 3 heterocycles. The molecule has 1 aromatic heterocycles. The number of benzene rings is 2. The Balaban J connectivity index is 1.60. The van der Waals surface area contributed by atoms with Gasteiger partial charge in [0.1, 0.15) is 35.4 Å². The van der Waals surface area contributed by atoms with Gasteiger partial charge in [0.05, 0.1) is 36.2 Å².